The molecular weight excluding hydrogens is 282 g/mol. The van der Waals surface area contributed by atoms with Crippen LogP contribution >= 0.6 is 11.6 Å². The monoisotopic (exact) mass is 299 g/mol. The van der Waals surface area contributed by atoms with Crippen molar-refractivity contribution in [2.24, 2.45) is 0 Å². The van der Waals surface area contributed by atoms with Crippen LogP contribution in [-0.2, 0) is 4.74 Å². The molecule has 5 nitrogen and oxygen atoms in total. The molecule has 2 rings (SSSR count). The molecule has 2 unspecified atom stereocenters. The zero-order valence-electron chi connectivity index (χ0n) is 11.5. The lowest BCUT2D eigenvalue weighted by Gasteiger charge is -2.26. The van der Waals surface area contributed by atoms with E-state index in [9.17, 15) is 9.90 Å². The quantitative estimate of drug-likeness (QED) is 0.886. The van der Waals surface area contributed by atoms with Gasteiger partial charge in [-0.1, -0.05) is 11.6 Å². The average Bonchev–Trinajstić information content (AvgIpc) is 2.76. The SMILES string of the molecule is COc1cc(Cl)ccc1C(=O)NCC1(O)CCOC1C. The lowest BCUT2D eigenvalue weighted by molar-refractivity contribution is -0.0251. The summed E-state index contributed by atoms with van der Waals surface area (Å²) in [6.07, 6.45) is 0.210. The fourth-order valence-corrected chi connectivity index (χ4v) is 2.35. The van der Waals surface area contributed by atoms with Gasteiger partial charge in [-0.3, -0.25) is 4.79 Å². The summed E-state index contributed by atoms with van der Waals surface area (Å²) < 4.78 is 10.5. The zero-order chi connectivity index (χ0) is 14.8. The van der Waals surface area contributed by atoms with Crippen LogP contribution in [0.2, 0.25) is 5.02 Å². The highest BCUT2D eigenvalue weighted by Gasteiger charge is 2.39. The molecule has 1 aliphatic heterocycles. The minimum Gasteiger partial charge on any atom is -0.496 e. The molecule has 0 saturated carbocycles. The fourth-order valence-electron chi connectivity index (χ4n) is 2.18. The molecule has 6 heteroatoms. The van der Waals surface area contributed by atoms with Gasteiger partial charge in [0, 0.05) is 24.6 Å². The van der Waals surface area contributed by atoms with Crippen molar-refractivity contribution in [2.75, 3.05) is 20.3 Å². The van der Waals surface area contributed by atoms with Crippen LogP contribution in [0.15, 0.2) is 18.2 Å². The molecule has 1 aliphatic rings. The predicted molar refractivity (Wildman–Crippen MR) is 75.3 cm³/mol. The number of methoxy groups -OCH3 is 1. The van der Waals surface area contributed by atoms with Gasteiger partial charge in [0.25, 0.3) is 5.91 Å². The normalized spacial score (nSPS) is 25.5. The summed E-state index contributed by atoms with van der Waals surface area (Å²) in [5.74, 6) is 0.0868. The lowest BCUT2D eigenvalue weighted by atomic mass is 9.96. The highest BCUT2D eigenvalue weighted by Crippen LogP contribution is 2.26. The van der Waals surface area contributed by atoms with E-state index in [4.69, 9.17) is 21.1 Å². The number of rotatable bonds is 4. The molecule has 1 amide bonds. The molecule has 20 heavy (non-hydrogen) atoms. The van der Waals surface area contributed by atoms with Gasteiger partial charge < -0.3 is 19.9 Å². The number of carbonyl (C=O) groups is 1. The van der Waals surface area contributed by atoms with Crippen molar-refractivity contribution in [3.05, 3.63) is 28.8 Å². The Bertz CT molecular complexity index is 508. The number of benzene rings is 1. The largest absolute Gasteiger partial charge is 0.496 e. The van der Waals surface area contributed by atoms with Gasteiger partial charge in [0.15, 0.2) is 0 Å². The molecule has 2 N–H and O–H groups in total. The van der Waals surface area contributed by atoms with E-state index in [1.165, 1.54) is 7.11 Å². The Morgan fingerprint density at radius 1 is 1.65 bits per heavy atom. The van der Waals surface area contributed by atoms with Gasteiger partial charge >= 0.3 is 0 Å². The third-order valence-electron chi connectivity index (χ3n) is 3.62. The van der Waals surface area contributed by atoms with Gasteiger partial charge in [-0.25, -0.2) is 0 Å². The maximum absolute atomic E-state index is 12.2. The van der Waals surface area contributed by atoms with E-state index < -0.39 is 5.60 Å². The Morgan fingerprint density at radius 2 is 2.40 bits per heavy atom. The second-order valence-corrected chi connectivity index (χ2v) is 5.33. The van der Waals surface area contributed by atoms with Crippen molar-refractivity contribution in [2.45, 2.75) is 25.0 Å². The second kappa shape index (κ2) is 5.99. The highest BCUT2D eigenvalue weighted by molar-refractivity contribution is 6.30. The molecule has 1 saturated heterocycles. The van der Waals surface area contributed by atoms with Crippen LogP contribution in [0.4, 0.5) is 0 Å². The maximum Gasteiger partial charge on any atom is 0.255 e. The summed E-state index contributed by atoms with van der Waals surface area (Å²) >= 11 is 5.85. The van der Waals surface area contributed by atoms with Crippen LogP contribution in [-0.4, -0.2) is 43.0 Å². The van der Waals surface area contributed by atoms with Crippen molar-refractivity contribution in [1.29, 1.82) is 0 Å². The Balaban J connectivity index is 2.05. The number of carbonyl (C=O) groups excluding carboxylic acids is 1. The summed E-state index contributed by atoms with van der Waals surface area (Å²) in [7, 11) is 1.48. The highest BCUT2D eigenvalue weighted by atomic mass is 35.5. The first kappa shape index (κ1) is 15.1. The molecule has 1 fully saturated rings. The van der Waals surface area contributed by atoms with Crippen LogP contribution in [0.5, 0.6) is 5.75 Å². The Morgan fingerprint density at radius 3 is 3.00 bits per heavy atom. The van der Waals surface area contributed by atoms with E-state index in [0.29, 0.717) is 29.4 Å². The van der Waals surface area contributed by atoms with E-state index in [-0.39, 0.29) is 18.6 Å². The smallest absolute Gasteiger partial charge is 0.255 e. The van der Waals surface area contributed by atoms with Crippen molar-refractivity contribution in [3.63, 3.8) is 0 Å². The molecule has 0 aliphatic carbocycles. The second-order valence-electron chi connectivity index (χ2n) is 4.89. The molecule has 1 aromatic carbocycles. The molecule has 110 valence electrons. The number of halogens is 1. The van der Waals surface area contributed by atoms with E-state index in [2.05, 4.69) is 5.32 Å². The van der Waals surface area contributed by atoms with Gasteiger partial charge in [-0.2, -0.15) is 0 Å². The minimum absolute atomic E-state index is 0.138. The van der Waals surface area contributed by atoms with Crippen LogP contribution in [0.1, 0.15) is 23.7 Å². The number of aliphatic hydroxyl groups is 1. The van der Waals surface area contributed by atoms with Crippen LogP contribution in [0.3, 0.4) is 0 Å². The van der Waals surface area contributed by atoms with Gasteiger partial charge in [-0.05, 0) is 25.1 Å². The average molecular weight is 300 g/mol. The van der Waals surface area contributed by atoms with Gasteiger partial charge in [-0.15, -0.1) is 0 Å². The van der Waals surface area contributed by atoms with E-state index >= 15 is 0 Å². The first-order chi connectivity index (χ1) is 9.46. The first-order valence-electron chi connectivity index (χ1n) is 6.42. The molecular formula is C14H18ClNO4. The minimum atomic E-state index is -1.02. The first-order valence-corrected chi connectivity index (χ1v) is 6.80. The van der Waals surface area contributed by atoms with E-state index in [1.54, 1.807) is 25.1 Å². The molecule has 1 heterocycles. The molecule has 0 spiro atoms. The third kappa shape index (κ3) is 3.06. The third-order valence-corrected chi connectivity index (χ3v) is 3.86. The summed E-state index contributed by atoms with van der Waals surface area (Å²) in [5, 5.41) is 13.5. The van der Waals surface area contributed by atoms with Crippen molar-refractivity contribution in [3.8, 4) is 5.75 Å². The van der Waals surface area contributed by atoms with Crippen LogP contribution in [0.25, 0.3) is 0 Å². The predicted octanol–water partition coefficient (Wildman–Crippen LogP) is 1.62. The summed E-state index contributed by atoms with van der Waals surface area (Å²) in [4.78, 5) is 12.2. The van der Waals surface area contributed by atoms with E-state index in [1.807, 2.05) is 0 Å². The molecule has 0 radical (unpaired) electrons. The molecule has 0 aromatic heterocycles. The maximum atomic E-state index is 12.2. The molecule has 2 atom stereocenters. The van der Waals surface area contributed by atoms with E-state index in [0.717, 1.165) is 0 Å². The topological polar surface area (TPSA) is 67.8 Å². The number of nitrogens with one attached hydrogen (secondary N) is 1. The van der Waals surface area contributed by atoms with Crippen molar-refractivity contribution >= 4 is 17.5 Å². The number of hydrogen-bond acceptors (Lipinski definition) is 4. The number of hydrogen-bond donors (Lipinski definition) is 2. The standard InChI is InChI=1S/C14H18ClNO4/c1-9-14(18,5-6-20-9)8-16-13(17)11-4-3-10(15)7-12(11)19-2/h3-4,7,9,18H,5-6,8H2,1-2H3,(H,16,17). The summed E-state index contributed by atoms with van der Waals surface area (Å²) in [6.45, 7) is 2.43. The summed E-state index contributed by atoms with van der Waals surface area (Å²) in [5.41, 5.74) is -0.637. The Labute approximate surface area is 122 Å². The van der Waals surface area contributed by atoms with Gasteiger partial charge in [0.1, 0.15) is 11.4 Å². The van der Waals surface area contributed by atoms with Gasteiger partial charge in [0.2, 0.25) is 0 Å². The van der Waals surface area contributed by atoms with Crippen molar-refractivity contribution < 1.29 is 19.4 Å². The van der Waals surface area contributed by atoms with Crippen LogP contribution < -0.4 is 10.1 Å². The fraction of sp³-hybridized carbons (Fsp3) is 0.500. The zero-order valence-corrected chi connectivity index (χ0v) is 12.2. The number of amides is 1. The lowest BCUT2D eigenvalue weighted by Crippen LogP contribution is -2.47. The van der Waals surface area contributed by atoms with Gasteiger partial charge in [0.05, 0.1) is 18.8 Å². The number of ether oxygens (including phenoxy) is 2. The van der Waals surface area contributed by atoms with Crippen LogP contribution in [0, 0.1) is 0 Å². The molecule has 0 bridgehead atoms. The summed E-state index contributed by atoms with van der Waals surface area (Å²) in [6, 6.07) is 4.79. The Hall–Kier alpha value is -1.30. The van der Waals surface area contributed by atoms with Crippen molar-refractivity contribution in [1.82, 2.24) is 5.32 Å². The Kier molecular flexibility index (Phi) is 4.52. The molecule has 1 aromatic rings.